The standard InChI is InChI=1S/C14H22O/c1-2-11-6-7-12-10-14(15-13(11)12)8-4-3-5-9-14/h2,11-13H,1,3-10H2. The monoisotopic (exact) mass is 206 g/mol. The highest BCUT2D eigenvalue weighted by atomic mass is 16.5. The number of ether oxygens (including phenoxy) is 1. The minimum atomic E-state index is 0.301. The Labute approximate surface area is 92.9 Å². The topological polar surface area (TPSA) is 9.23 Å². The van der Waals surface area contributed by atoms with Crippen molar-refractivity contribution in [3.8, 4) is 0 Å². The average Bonchev–Trinajstić information content (AvgIpc) is 2.76. The summed E-state index contributed by atoms with van der Waals surface area (Å²) in [6, 6.07) is 0. The summed E-state index contributed by atoms with van der Waals surface area (Å²) in [7, 11) is 0. The van der Waals surface area contributed by atoms with Crippen LogP contribution < -0.4 is 0 Å². The zero-order valence-electron chi connectivity index (χ0n) is 9.58. The van der Waals surface area contributed by atoms with Gasteiger partial charge in [0.05, 0.1) is 11.7 Å². The van der Waals surface area contributed by atoms with Gasteiger partial charge in [-0.05, 0) is 38.0 Å². The van der Waals surface area contributed by atoms with Crippen LogP contribution in [0.5, 0.6) is 0 Å². The number of hydrogen-bond acceptors (Lipinski definition) is 1. The molecule has 2 aliphatic carbocycles. The van der Waals surface area contributed by atoms with Gasteiger partial charge in [0.1, 0.15) is 0 Å². The van der Waals surface area contributed by atoms with Crippen molar-refractivity contribution in [2.75, 3.05) is 0 Å². The fourth-order valence-electron chi connectivity index (χ4n) is 4.07. The highest BCUT2D eigenvalue weighted by Gasteiger charge is 2.50. The normalized spacial score (nSPS) is 43.1. The summed E-state index contributed by atoms with van der Waals surface area (Å²) < 4.78 is 6.45. The van der Waals surface area contributed by atoms with Crippen molar-refractivity contribution in [2.45, 2.75) is 63.1 Å². The lowest BCUT2D eigenvalue weighted by atomic mass is 9.80. The van der Waals surface area contributed by atoms with Crippen LogP contribution in [-0.2, 0) is 4.74 Å². The molecule has 3 unspecified atom stereocenters. The third-order valence-corrected chi connectivity index (χ3v) is 4.85. The molecule has 1 aliphatic heterocycles. The van der Waals surface area contributed by atoms with Gasteiger partial charge in [0, 0.05) is 5.92 Å². The summed E-state index contributed by atoms with van der Waals surface area (Å²) in [5.41, 5.74) is 0.301. The SMILES string of the molecule is C=CC1CCC2CC3(CCCCC3)OC12. The Morgan fingerprint density at radius 3 is 2.67 bits per heavy atom. The van der Waals surface area contributed by atoms with Gasteiger partial charge < -0.3 is 4.74 Å². The zero-order chi connectivity index (χ0) is 10.3. The third kappa shape index (κ3) is 1.56. The van der Waals surface area contributed by atoms with E-state index >= 15 is 0 Å². The molecule has 15 heavy (non-hydrogen) atoms. The molecule has 0 aromatic rings. The molecule has 1 heterocycles. The van der Waals surface area contributed by atoms with Crippen molar-refractivity contribution in [3.63, 3.8) is 0 Å². The van der Waals surface area contributed by atoms with E-state index in [1.807, 2.05) is 0 Å². The summed E-state index contributed by atoms with van der Waals surface area (Å²) in [6.07, 6.45) is 13.5. The summed E-state index contributed by atoms with van der Waals surface area (Å²) in [4.78, 5) is 0. The number of hydrogen-bond donors (Lipinski definition) is 0. The van der Waals surface area contributed by atoms with Crippen LogP contribution in [0.25, 0.3) is 0 Å². The first-order valence-corrected chi connectivity index (χ1v) is 6.63. The van der Waals surface area contributed by atoms with Crippen molar-refractivity contribution in [2.24, 2.45) is 11.8 Å². The van der Waals surface area contributed by atoms with Gasteiger partial charge in [-0.25, -0.2) is 0 Å². The fourth-order valence-corrected chi connectivity index (χ4v) is 4.07. The summed E-state index contributed by atoms with van der Waals surface area (Å²) in [5, 5.41) is 0. The maximum atomic E-state index is 6.45. The molecule has 1 saturated heterocycles. The van der Waals surface area contributed by atoms with E-state index in [1.54, 1.807) is 0 Å². The molecule has 3 atom stereocenters. The molecule has 0 N–H and O–H groups in total. The van der Waals surface area contributed by atoms with Gasteiger partial charge in [0.15, 0.2) is 0 Å². The molecule has 84 valence electrons. The molecule has 1 heteroatoms. The third-order valence-electron chi connectivity index (χ3n) is 4.85. The number of fused-ring (bicyclic) bond motifs is 1. The van der Waals surface area contributed by atoms with E-state index in [0.717, 1.165) is 5.92 Å². The van der Waals surface area contributed by atoms with Crippen LogP contribution in [0.3, 0.4) is 0 Å². The first-order chi connectivity index (χ1) is 7.33. The van der Waals surface area contributed by atoms with Crippen LogP contribution in [-0.4, -0.2) is 11.7 Å². The Kier molecular flexibility index (Phi) is 2.39. The largest absolute Gasteiger partial charge is 0.371 e. The minimum Gasteiger partial charge on any atom is -0.371 e. The molecule has 0 radical (unpaired) electrons. The second kappa shape index (κ2) is 3.62. The van der Waals surface area contributed by atoms with Gasteiger partial charge in [-0.3, -0.25) is 0 Å². The fraction of sp³-hybridized carbons (Fsp3) is 0.857. The zero-order valence-corrected chi connectivity index (χ0v) is 9.58. The second-order valence-corrected chi connectivity index (χ2v) is 5.77. The summed E-state index contributed by atoms with van der Waals surface area (Å²) in [6.45, 7) is 3.96. The lowest BCUT2D eigenvalue weighted by Gasteiger charge is -2.34. The van der Waals surface area contributed by atoms with Gasteiger partial charge in [-0.15, -0.1) is 6.58 Å². The van der Waals surface area contributed by atoms with Crippen LogP contribution in [0.15, 0.2) is 12.7 Å². The predicted octanol–water partition coefficient (Wildman–Crippen LogP) is 3.69. The summed E-state index contributed by atoms with van der Waals surface area (Å²) >= 11 is 0. The molecule has 0 bridgehead atoms. The van der Waals surface area contributed by atoms with Crippen molar-refractivity contribution in [1.82, 2.24) is 0 Å². The first-order valence-electron chi connectivity index (χ1n) is 6.63. The van der Waals surface area contributed by atoms with E-state index in [4.69, 9.17) is 4.74 Å². The van der Waals surface area contributed by atoms with E-state index in [1.165, 1.54) is 51.4 Å². The molecule has 3 aliphatic rings. The Morgan fingerprint density at radius 1 is 1.13 bits per heavy atom. The molecule has 0 amide bonds. The van der Waals surface area contributed by atoms with Crippen LogP contribution in [0, 0.1) is 11.8 Å². The molecular formula is C14H22O. The Morgan fingerprint density at radius 2 is 1.93 bits per heavy atom. The van der Waals surface area contributed by atoms with Crippen LogP contribution in [0.2, 0.25) is 0 Å². The molecule has 0 aromatic heterocycles. The van der Waals surface area contributed by atoms with Crippen LogP contribution >= 0.6 is 0 Å². The van der Waals surface area contributed by atoms with Crippen molar-refractivity contribution < 1.29 is 4.74 Å². The van der Waals surface area contributed by atoms with Gasteiger partial charge >= 0.3 is 0 Å². The Hall–Kier alpha value is -0.300. The molecule has 0 aromatic carbocycles. The Balaban J connectivity index is 1.74. The van der Waals surface area contributed by atoms with Crippen molar-refractivity contribution in [3.05, 3.63) is 12.7 Å². The van der Waals surface area contributed by atoms with E-state index < -0.39 is 0 Å². The van der Waals surface area contributed by atoms with E-state index in [-0.39, 0.29) is 0 Å². The van der Waals surface area contributed by atoms with Gasteiger partial charge in [0.25, 0.3) is 0 Å². The highest BCUT2D eigenvalue weighted by molar-refractivity contribution is 5.04. The van der Waals surface area contributed by atoms with Gasteiger partial charge in [-0.2, -0.15) is 0 Å². The van der Waals surface area contributed by atoms with E-state index in [2.05, 4.69) is 12.7 Å². The molecule has 3 fully saturated rings. The van der Waals surface area contributed by atoms with Crippen molar-refractivity contribution >= 4 is 0 Å². The summed E-state index contributed by atoms with van der Waals surface area (Å²) in [5.74, 6) is 1.50. The van der Waals surface area contributed by atoms with E-state index in [0.29, 0.717) is 17.6 Å². The molecule has 2 saturated carbocycles. The molecule has 1 nitrogen and oxygen atoms in total. The smallest absolute Gasteiger partial charge is 0.0690 e. The van der Waals surface area contributed by atoms with E-state index in [9.17, 15) is 0 Å². The minimum absolute atomic E-state index is 0.301. The second-order valence-electron chi connectivity index (χ2n) is 5.77. The quantitative estimate of drug-likeness (QED) is 0.594. The van der Waals surface area contributed by atoms with Gasteiger partial charge in [-0.1, -0.05) is 25.3 Å². The van der Waals surface area contributed by atoms with Crippen molar-refractivity contribution in [1.29, 1.82) is 0 Å². The van der Waals surface area contributed by atoms with Crippen LogP contribution in [0.1, 0.15) is 51.4 Å². The maximum Gasteiger partial charge on any atom is 0.0690 e. The van der Waals surface area contributed by atoms with Gasteiger partial charge in [0.2, 0.25) is 0 Å². The number of rotatable bonds is 1. The Bertz CT molecular complexity index is 252. The first kappa shape index (κ1) is 9.89. The molecular weight excluding hydrogens is 184 g/mol. The molecule has 3 rings (SSSR count). The lowest BCUT2D eigenvalue weighted by Crippen LogP contribution is -2.33. The predicted molar refractivity (Wildman–Crippen MR) is 61.7 cm³/mol. The highest BCUT2D eigenvalue weighted by Crippen LogP contribution is 2.52. The lowest BCUT2D eigenvalue weighted by molar-refractivity contribution is -0.0741. The average molecular weight is 206 g/mol. The molecule has 1 spiro atoms. The maximum absolute atomic E-state index is 6.45. The van der Waals surface area contributed by atoms with Crippen LogP contribution in [0.4, 0.5) is 0 Å².